The van der Waals surface area contributed by atoms with Gasteiger partial charge in [-0.15, -0.1) is 0 Å². The molecule has 2 heterocycles. The molecule has 23 heavy (non-hydrogen) atoms. The van der Waals surface area contributed by atoms with Gasteiger partial charge in [-0.1, -0.05) is 30.7 Å². The minimum atomic E-state index is 0.677. The number of likely N-dealkylation sites (tertiary alicyclic amines) is 1. The zero-order chi connectivity index (χ0) is 16.1. The highest BCUT2D eigenvalue weighted by Crippen LogP contribution is 2.18. The second-order valence-corrected chi connectivity index (χ2v) is 6.82. The van der Waals surface area contributed by atoms with Gasteiger partial charge in [0.25, 0.3) is 0 Å². The lowest BCUT2D eigenvalue weighted by Crippen LogP contribution is -2.38. The van der Waals surface area contributed by atoms with Crippen LogP contribution in [0.3, 0.4) is 0 Å². The van der Waals surface area contributed by atoms with Gasteiger partial charge in [0.2, 0.25) is 0 Å². The van der Waals surface area contributed by atoms with Gasteiger partial charge in [-0.2, -0.15) is 5.10 Å². The maximum Gasteiger partial charge on any atom is 0.0662 e. The summed E-state index contributed by atoms with van der Waals surface area (Å²) >= 11 is 0. The van der Waals surface area contributed by atoms with Crippen LogP contribution in [-0.2, 0) is 13.1 Å². The average Bonchev–Trinajstić information content (AvgIpc) is 2.93. The molecule has 1 aromatic heterocycles. The van der Waals surface area contributed by atoms with Gasteiger partial charge in [-0.3, -0.25) is 9.58 Å². The molecule has 0 aliphatic carbocycles. The topological polar surface area (TPSA) is 24.3 Å². The third-order valence-electron chi connectivity index (χ3n) is 4.86. The summed E-state index contributed by atoms with van der Waals surface area (Å²) in [5, 5.41) is 4.35. The summed E-state index contributed by atoms with van der Waals surface area (Å²) in [6.07, 6.45) is 7.85. The molecular formula is C19H28N4. The van der Waals surface area contributed by atoms with Crippen molar-refractivity contribution in [1.82, 2.24) is 19.6 Å². The number of hydrogen-bond donors (Lipinski definition) is 0. The van der Waals surface area contributed by atoms with E-state index in [-0.39, 0.29) is 0 Å². The van der Waals surface area contributed by atoms with Crippen molar-refractivity contribution in [1.29, 1.82) is 0 Å². The zero-order valence-corrected chi connectivity index (χ0v) is 14.4. The molecule has 4 heteroatoms. The molecule has 4 nitrogen and oxygen atoms in total. The zero-order valence-electron chi connectivity index (χ0n) is 14.4. The maximum absolute atomic E-state index is 4.35. The molecule has 0 radical (unpaired) electrons. The van der Waals surface area contributed by atoms with Crippen molar-refractivity contribution in [2.75, 3.05) is 27.2 Å². The molecule has 1 aliphatic rings. The van der Waals surface area contributed by atoms with Gasteiger partial charge in [-0.05, 0) is 50.7 Å². The summed E-state index contributed by atoms with van der Waals surface area (Å²) in [5.41, 5.74) is 2.81. The van der Waals surface area contributed by atoms with Crippen molar-refractivity contribution in [3.05, 3.63) is 53.9 Å². The standard InChI is InChI=1S/C19H28N4/c1-21(2)19-10-5-6-12-22(16-19)14-17-8-3-4-9-18(17)15-23-13-7-11-20-23/h3-4,7-9,11,13,19H,5-6,10,12,14-16H2,1-2H3/t19-/m0/s1. The monoisotopic (exact) mass is 312 g/mol. The number of aromatic nitrogens is 2. The van der Waals surface area contributed by atoms with E-state index in [0.717, 1.165) is 13.1 Å². The Morgan fingerprint density at radius 1 is 1.09 bits per heavy atom. The van der Waals surface area contributed by atoms with Crippen LogP contribution >= 0.6 is 0 Å². The fourth-order valence-corrected chi connectivity index (χ4v) is 3.44. The van der Waals surface area contributed by atoms with Crippen LogP contribution < -0.4 is 0 Å². The molecule has 0 bridgehead atoms. The van der Waals surface area contributed by atoms with E-state index in [4.69, 9.17) is 0 Å². The summed E-state index contributed by atoms with van der Waals surface area (Å²) in [6, 6.07) is 11.5. The predicted octanol–water partition coefficient (Wildman–Crippen LogP) is 2.85. The Morgan fingerprint density at radius 2 is 1.87 bits per heavy atom. The largest absolute Gasteiger partial charge is 0.305 e. The number of rotatable bonds is 5. The van der Waals surface area contributed by atoms with Crippen LogP contribution in [0.25, 0.3) is 0 Å². The van der Waals surface area contributed by atoms with Gasteiger partial charge >= 0.3 is 0 Å². The first kappa shape index (κ1) is 16.2. The van der Waals surface area contributed by atoms with Gasteiger partial charge < -0.3 is 4.90 Å². The molecule has 0 unspecified atom stereocenters. The lowest BCUT2D eigenvalue weighted by molar-refractivity contribution is 0.191. The normalized spacial score (nSPS) is 19.9. The number of nitrogens with zero attached hydrogens (tertiary/aromatic N) is 4. The summed E-state index contributed by atoms with van der Waals surface area (Å²) in [4.78, 5) is 5.01. The van der Waals surface area contributed by atoms with E-state index in [9.17, 15) is 0 Å². The molecule has 0 saturated carbocycles. The third-order valence-corrected chi connectivity index (χ3v) is 4.86. The van der Waals surface area contributed by atoms with Crippen molar-refractivity contribution >= 4 is 0 Å². The van der Waals surface area contributed by atoms with E-state index in [1.165, 1.54) is 43.5 Å². The van der Waals surface area contributed by atoms with Crippen LogP contribution in [0.2, 0.25) is 0 Å². The van der Waals surface area contributed by atoms with Crippen molar-refractivity contribution in [2.45, 2.75) is 38.4 Å². The fourth-order valence-electron chi connectivity index (χ4n) is 3.44. The molecule has 0 amide bonds. The Hall–Kier alpha value is -1.65. The Labute approximate surface area is 139 Å². The van der Waals surface area contributed by atoms with E-state index in [0.29, 0.717) is 6.04 Å². The van der Waals surface area contributed by atoms with Crippen LogP contribution in [0.1, 0.15) is 30.4 Å². The summed E-state index contributed by atoms with van der Waals surface area (Å²) in [6.45, 7) is 4.28. The van der Waals surface area contributed by atoms with Crippen LogP contribution in [0.5, 0.6) is 0 Å². The first-order valence-electron chi connectivity index (χ1n) is 8.65. The lowest BCUT2D eigenvalue weighted by Gasteiger charge is -2.29. The van der Waals surface area contributed by atoms with Crippen molar-refractivity contribution < 1.29 is 0 Å². The second-order valence-electron chi connectivity index (χ2n) is 6.82. The number of benzene rings is 1. The van der Waals surface area contributed by atoms with Crippen LogP contribution in [0.15, 0.2) is 42.7 Å². The van der Waals surface area contributed by atoms with E-state index < -0.39 is 0 Å². The minimum absolute atomic E-state index is 0.677. The SMILES string of the molecule is CN(C)[C@H]1CCCCN(Cc2ccccc2Cn2cccn2)C1. The Kier molecular flexibility index (Phi) is 5.47. The first-order chi connectivity index (χ1) is 11.2. The molecule has 0 N–H and O–H groups in total. The molecule has 1 saturated heterocycles. The number of likely N-dealkylation sites (N-methyl/N-ethyl adjacent to an activating group) is 1. The van der Waals surface area contributed by atoms with Crippen molar-refractivity contribution in [3.63, 3.8) is 0 Å². The third kappa shape index (κ3) is 4.43. The smallest absolute Gasteiger partial charge is 0.0662 e. The molecule has 1 aromatic carbocycles. The molecule has 3 rings (SSSR count). The van der Waals surface area contributed by atoms with Crippen LogP contribution in [0, 0.1) is 0 Å². The molecule has 1 atom stereocenters. The predicted molar refractivity (Wildman–Crippen MR) is 94.4 cm³/mol. The Morgan fingerprint density at radius 3 is 2.57 bits per heavy atom. The van der Waals surface area contributed by atoms with Gasteiger partial charge in [0.15, 0.2) is 0 Å². The highest BCUT2D eigenvalue weighted by atomic mass is 15.3. The Balaban J connectivity index is 1.71. The van der Waals surface area contributed by atoms with Crippen molar-refractivity contribution in [3.8, 4) is 0 Å². The van der Waals surface area contributed by atoms with E-state index >= 15 is 0 Å². The second kappa shape index (κ2) is 7.75. The highest BCUT2D eigenvalue weighted by Gasteiger charge is 2.20. The Bertz CT molecular complexity index is 591. The summed E-state index contributed by atoms with van der Waals surface area (Å²) in [7, 11) is 4.42. The van der Waals surface area contributed by atoms with E-state index in [1.807, 2.05) is 23.1 Å². The molecule has 1 fully saturated rings. The van der Waals surface area contributed by atoms with E-state index in [2.05, 4.69) is 53.3 Å². The van der Waals surface area contributed by atoms with Crippen LogP contribution in [0.4, 0.5) is 0 Å². The average molecular weight is 312 g/mol. The van der Waals surface area contributed by atoms with Crippen LogP contribution in [-0.4, -0.2) is 52.8 Å². The lowest BCUT2D eigenvalue weighted by atomic mass is 10.1. The highest BCUT2D eigenvalue weighted by molar-refractivity contribution is 5.27. The molecular weight excluding hydrogens is 284 g/mol. The minimum Gasteiger partial charge on any atom is -0.305 e. The molecule has 0 spiro atoms. The molecule has 1 aliphatic heterocycles. The summed E-state index contributed by atoms with van der Waals surface area (Å²) < 4.78 is 2.00. The van der Waals surface area contributed by atoms with Gasteiger partial charge in [-0.25, -0.2) is 0 Å². The fraction of sp³-hybridized carbons (Fsp3) is 0.526. The van der Waals surface area contributed by atoms with Gasteiger partial charge in [0, 0.05) is 31.5 Å². The van der Waals surface area contributed by atoms with Crippen molar-refractivity contribution in [2.24, 2.45) is 0 Å². The quantitative estimate of drug-likeness (QED) is 0.848. The molecule has 2 aromatic rings. The maximum atomic E-state index is 4.35. The van der Waals surface area contributed by atoms with Gasteiger partial charge in [0.05, 0.1) is 6.54 Å². The number of hydrogen-bond acceptors (Lipinski definition) is 3. The molecule has 124 valence electrons. The van der Waals surface area contributed by atoms with Gasteiger partial charge in [0.1, 0.15) is 0 Å². The van der Waals surface area contributed by atoms with E-state index in [1.54, 1.807) is 0 Å². The summed E-state index contributed by atoms with van der Waals surface area (Å²) in [5.74, 6) is 0. The first-order valence-corrected chi connectivity index (χ1v) is 8.65.